The van der Waals surface area contributed by atoms with Gasteiger partial charge in [0.1, 0.15) is 12.4 Å². The third-order valence-corrected chi connectivity index (χ3v) is 4.02. The highest BCUT2D eigenvalue weighted by Crippen LogP contribution is 2.15. The van der Waals surface area contributed by atoms with Crippen molar-refractivity contribution in [1.29, 1.82) is 0 Å². The molecule has 0 aliphatic rings. The average Bonchev–Trinajstić information content (AvgIpc) is 2.67. The first-order valence-electron chi connectivity index (χ1n) is 8.94. The quantitative estimate of drug-likeness (QED) is 0.656. The number of nitrogens with two attached hydrogens (primary N) is 1. The lowest BCUT2D eigenvalue weighted by Crippen LogP contribution is -2.35. The molecule has 2 N–H and O–H groups in total. The monoisotopic (exact) mass is 366 g/mol. The van der Waals surface area contributed by atoms with E-state index in [4.69, 9.17) is 10.5 Å². The molecule has 0 unspecified atom stereocenters. The summed E-state index contributed by atoms with van der Waals surface area (Å²) >= 11 is 0. The number of nitrogens with zero attached hydrogens (tertiary/aromatic N) is 1. The second-order valence-electron chi connectivity index (χ2n) is 6.51. The predicted octanol–water partition coefficient (Wildman–Crippen LogP) is 3.20. The minimum atomic E-state index is -0.420. The van der Waals surface area contributed by atoms with Crippen LogP contribution < -0.4 is 10.5 Å². The van der Waals surface area contributed by atoms with Crippen LogP contribution in [0.25, 0.3) is 0 Å². The van der Waals surface area contributed by atoms with Crippen LogP contribution in [0.4, 0.5) is 0 Å². The molecule has 0 atom stereocenters. The minimum Gasteiger partial charge on any atom is -0.489 e. The SMILES string of the molecule is C=C(C)COc1ccc(C(=O)N(CCC(N)=O)CCc2ccccc2)cc1. The molecule has 0 aliphatic carbocycles. The molecule has 2 rings (SSSR count). The van der Waals surface area contributed by atoms with Crippen LogP contribution in [0.5, 0.6) is 5.75 Å². The summed E-state index contributed by atoms with van der Waals surface area (Å²) in [6.45, 7) is 6.94. The Hall–Kier alpha value is -3.08. The van der Waals surface area contributed by atoms with Crippen molar-refractivity contribution in [2.24, 2.45) is 5.73 Å². The lowest BCUT2D eigenvalue weighted by Gasteiger charge is -2.22. The molecule has 2 aromatic rings. The van der Waals surface area contributed by atoms with Crippen molar-refractivity contribution in [1.82, 2.24) is 4.90 Å². The largest absolute Gasteiger partial charge is 0.489 e. The van der Waals surface area contributed by atoms with E-state index in [0.29, 0.717) is 37.4 Å². The Bertz CT molecular complexity index is 770. The van der Waals surface area contributed by atoms with Gasteiger partial charge >= 0.3 is 0 Å². The number of hydrogen-bond acceptors (Lipinski definition) is 3. The summed E-state index contributed by atoms with van der Waals surface area (Å²) in [6.07, 6.45) is 0.853. The van der Waals surface area contributed by atoms with E-state index in [9.17, 15) is 9.59 Å². The van der Waals surface area contributed by atoms with Crippen molar-refractivity contribution in [2.45, 2.75) is 19.8 Å². The standard InChI is InChI=1S/C22H26N2O3/c1-17(2)16-27-20-10-8-19(9-11-20)22(26)24(15-13-21(23)25)14-12-18-6-4-3-5-7-18/h3-11H,1,12-16H2,2H3,(H2,23,25). The number of hydrogen-bond donors (Lipinski definition) is 1. The summed E-state index contributed by atoms with van der Waals surface area (Å²) in [7, 11) is 0. The summed E-state index contributed by atoms with van der Waals surface area (Å²) in [5.41, 5.74) is 7.88. The predicted molar refractivity (Wildman–Crippen MR) is 107 cm³/mol. The fraction of sp³-hybridized carbons (Fsp3) is 0.273. The van der Waals surface area contributed by atoms with Gasteiger partial charge in [0.15, 0.2) is 0 Å². The Kier molecular flexibility index (Phi) is 7.62. The first-order valence-corrected chi connectivity index (χ1v) is 8.94. The zero-order valence-electron chi connectivity index (χ0n) is 15.7. The zero-order chi connectivity index (χ0) is 19.6. The molecule has 0 saturated heterocycles. The minimum absolute atomic E-state index is 0.126. The molecule has 0 radical (unpaired) electrons. The van der Waals surface area contributed by atoms with Gasteiger partial charge in [0.25, 0.3) is 5.91 Å². The lowest BCUT2D eigenvalue weighted by atomic mass is 10.1. The molecule has 0 bridgehead atoms. The van der Waals surface area contributed by atoms with E-state index in [1.54, 1.807) is 29.2 Å². The third-order valence-electron chi connectivity index (χ3n) is 4.02. The molecule has 0 aromatic heterocycles. The van der Waals surface area contributed by atoms with Crippen LogP contribution in [0.15, 0.2) is 66.7 Å². The molecule has 0 fully saturated rings. The Morgan fingerprint density at radius 2 is 1.70 bits per heavy atom. The van der Waals surface area contributed by atoms with Gasteiger partial charge in [-0.15, -0.1) is 0 Å². The van der Waals surface area contributed by atoms with Crippen molar-refractivity contribution in [3.8, 4) is 5.75 Å². The number of carbonyl (C=O) groups excluding carboxylic acids is 2. The third kappa shape index (κ3) is 6.98. The Morgan fingerprint density at radius 3 is 2.30 bits per heavy atom. The Labute approximate surface area is 160 Å². The number of amides is 2. The number of benzene rings is 2. The molecule has 27 heavy (non-hydrogen) atoms. The zero-order valence-corrected chi connectivity index (χ0v) is 15.7. The molecule has 5 heteroatoms. The summed E-state index contributed by atoms with van der Waals surface area (Å²) in [5.74, 6) is 0.136. The average molecular weight is 366 g/mol. The highest BCUT2D eigenvalue weighted by molar-refractivity contribution is 5.94. The molecule has 5 nitrogen and oxygen atoms in total. The number of carbonyl (C=O) groups is 2. The van der Waals surface area contributed by atoms with Gasteiger partial charge in [-0.25, -0.2) is 0 Å². The van der Waals surface area contributed by atoms with Crippen molar-refractivity contribution < 1.29 is 14.3 Å². The van der Waals surface area contributed by atoms with Crippen molar-refractivity contribution in [2.75, 3.05) is 19.7 Å². The summed E-state index contributed by atoms with van der Waals surface area (Å²) in [4.78, 5) is 25.7. The van der Waals surface area contributed by atoms with Gasteiger partial charge in [-0.3, -0.25) is 9.59 Å². The molecule has 142 valence electrons. The van der Waals surface area contributed by atoms with Gasteiger partial charge in [-0.05, 0) is 48.7 Å². The van der Waals surface area contributed by atoms with Crippen LogP contribution in [-0.4, -0.2) is 36.4 Å². The van der Waals surface area contributed by atoms with Crippen LogP contribution in [-0.2, 0) is 11.2 Å². The van der Waals surface area contributed by atoms with Crippen LogP contribution in [0.1, 0.15) is 29.3 Å². The fourth-order valence-electron chi connectivity index (χ4n) is 2.55. The fourth-order valence-corrected chi connectivity index (χ4v) is 2.55. The smallest absolute Gasteiger partial charge is 0.253 e. The molecule has 0 heterocycles. The summed E-state index contributed by atoms with van der Waals surface area (Å²) in [5, 5.41) is 0. The first-order chi connectivity index (χ1) is 13.0. The van der Waals surface area contributed by atoms with Crippen LogP contribution >= 0.6 is 0 Å². The van der Waals surface area contributed by atoms with E-state index in [-0.39, 0.29) is 12.3 Å². The molecule has 0 spiro atoms. The van der Waals surface area contributed by atoms with Crippen LogP contribution in [0, 0.1) is 0 Å². The van der Waals surface area contributed by atoms with Gasteiger partial charge in [-0.1, -0.05) is 36.9 Å². The number of rotatable bonds is 10. The summed E-state index contributed by atoms with van der Waals surface area (Å²) < 4.78 is 5.56. The maximum absolute atomic E-state index is 12.9. The molecule has 2 aromatic carbocycles. The van der Waals surface area contributed by atoms with Gasteiger partial charge in [0.2, 0.25) is 5.91 Å². The van der Waals surface area contributed by atoms with E-state index >= 15 is 0 Å². The highest BCUT2D eigenvalue weighted by atomic mass is 16.5. The van der Waals surface area contributed by atoms with Gasteiger partial charge < -0.3 is 15.4 Å². The van der Waals surface area contributed by atoms with E-state index in [0.717, 1.165) is 11.1 Å². The second kappa shape index (κ2) is 10.2. The van der Waals surface area contributed by atoms with Gasteiger partial charge in [-0.2, -0.15) is 0 Å². The summed E-state index contributed by atoms with van der Waals surface area (Å²) in [6, 6.07) is 16.9. The molecular formula is C22H26N2O3. The first kappa shape index (κ1) is 20.2. The van der Waals surface area contributed by atoms with E-state index < -0.39 is 5.91 Å². The topological polar surface area (TPSA) is 72.6 Å². The van der Waals surface area contributed by atoms with Crippen molar-refractivity contribution >= 4 is 11.8 Å². The Balaban J connectivity index is 2.04. The maximum Gasteiger partial charge on any atom is 0.253 e. The highest BCUT2D eigenvalue weighted by Gasteiger charge is 2.16. The molecule has 0 aliphatic heterocycles. The Morgan fingerprint density at radius 1 is 1.04 bits per heavy atom. The van der Waals surface area contributed by atoms with Gasteiger partial charge in [0, 0.05) is 25.1 Å². The number of primary amides is 1. The van der Waals surface area contributed by atoms with Crippen molar-refractivity contribution in [3.05, 3.63) is 77.9 Å². The number of ether oxygens (including phenoxy) is 1. The molecule has 0 saturated carbocycles. The maximum atomic E-state index is 12.9. The van der Waals surface area contributed by atoms with Crippen molar-refractivity contribution in [3.63, 3.8) is 0 Å². The van der Waals surface area contributed by atoms with E-state index in [2.05, 4.69) is 6.58 Å². The van der Waals surface area contributed by atoms with E-state index in [1.165, 1.54) is 0 Å². The van der Waals surface area contributed by atoms with Gasteiger partial charge in [0.05, 0.1) is 0 Å². The van der Waals surface area contributed by atoms with E-state index in [1.807, 2.05) is 37.3 Å². The molecular weight excluding hydrogens is 340 g/mol. The normalized spacial score (nSPS) is 10.3. The van der Waals surface area contributed by atoms with Crippen LogP contribution in [0.2, 0.25) is 0 Å². The van der Waals surface area contributed by atoms with Crippen LogP contribution in [0.3, 0.4) is 0 Å². The molecule has 2 amide bonds. The second-order valence-corrected chi connectivity index (χ2v) is 6.51. The lowest BCUT2D eigenvalue weighted by molar-refractivity contribution is -0.118.